The van der Waals surface area contributed by atoms with Crippen LogP contribution >= 0.6 is 11.3 Å². The van der Waals surface area contributed by atoms with Crippen molar-refractivity contribution in [1.82, 2.24) is 15.0 Å². The Labute approximate surface area is 159 Å². The van der Waals surface area contributed by atoms with Gasteiger partial charge in [0.2, 0.25) is 11.7 Å². The van der Waals surface area contributed by atoms with Crippen LogP contribution < -0.4 is 9.47 Å². The fraction of sp³-hybridized carbons (Fsp3) is 0.333. The molecule has 0 bridgehead atoms. The highest BCUT2D eigenvalue weighted by Gasteiger charge is 2.16. The number of rotatable bonds is 8. The number of ether oxygens (including phenoxy) is 2. The molecule has 0 aliphatic rings. The second-order valence-corrected chi connectivity index (χ2v) is 6.96. The molecule has 1 aromatic carbocycles. The quantitative estimate of drug-likeness (QED) is 0.565. The Kier molecular flexibility index (Phi) is 6.02. The molecule has 0 atom stereocenters. The van der Waals surface area contributed by atoms with Crippen LogP contribution in [0, 0.1) is 6.92 Å². The zero-order valence-electron chi connectivity index (χ0n) is 15.1. The monoisotopic (exact) mass is 395 g/mol. The van der Waals surface area contributed by atoms with E-state index in [2.05, 4.69) is 38.1 Å². The maximum atomic E-state index is 12.4. The second kappa shape index (κ2) is 8.45. The zero-order valence-corrected chi connectivity index (χ0v) is 15.9. The van der Waals surface area contributed by atoms with E-state index in [1.54, 1.807) is 17.4 Å². The van der Waals surface area contributed by atoms with Gasteiger partial charge in [-0.2, -0.15) is 13.8 Å². The highest BCUT2D eigenvalue weighted by atomic mass is 32.1. The number of aromatic nitrogens is 2. The van der Waals surface area contributed by atoms with Gasteiger partial charge in [0.05, 0.1) is 13.7 Å². The van der Waals surface area contributed by atoms with Gasteiger partial charge < -0.3 is 14.0 Å². The molecule has 0 aliphatic heterocycles. The van der Waals surface area contributed by atoms with Crippen LogP contribution in [0.3, 0.4) is 0 Å². The van der Waals surface area contributed by atoms with Crippen LogP contribution in [-0.2, 0) is 13.1 Å². The predicted molar refractivity (Wildman–Crippen MR) is 97.1 cm³/mol. The lowest BCUT2D eigenvalue weighted by atomic mass is 10.2. The summed E-state index contributed by atoms with van der Waals surface area (Å²) in [5.41, 5.74) is 1.84. The van der Waals surface area contributed by atoms with Gasteiger partial charge in [-0.25, -0.2) is 0 Å². The van der Waals surface area contributed by atoms with Crippen molar-refractivity contribution >= 4 is 11.3 Å². The Morgan fingerprint density at radius 3 is 2.70 bits per heavy atom. The molecular formula is C18H19F2N3O3S. The molecule has 6 nitrogen and oxygen atoms in total. The minimum Gasteiger partial charge on any atom is -0.493 e. The van der Waals surface area contributed by atoms with E-state index in [9.17, 15) is 8.78 Å². The van der Waals surface area contributed by atoms with E-state index in [1.807, 2.05) is 7.05 Å². The Morgan fingerprint density at radius 1 is 1.22 bits per heavy atom. The molecule has 0 N–H and O–H groups in total. The van der Waals surface area contributed by atoms with Gasteiger partial charge in [0.1, 0.15) is 0 Å². The average Bonchev–Trinajstić information content (AvgIpc) is 3.24. The maximum absolute atomic E-state index is 12.4. The lowest BCUT2D eigenvalue weighted by Gasteiger charge is -2.13. The summed E-state index contributed by atoms with van der Waals surface area (Å²) in [4.78, 5) is 7.75. The third-order valence-electron chi connectivity index (χ3n) is 3.89. The molecule has 0 unspecified atom stereocenters. The SMILES string of the molecule is COc1cc(-c2noc(CN(C)Cc3sccc3C)n2)ccc1OC(F)F. The standard InChI is InChI=1S/C18H19F2N3O3S/c1-11-6-7-27-15(11)9-23(2)10-16-21-17(22-26-16)12-4-5-13(25-18(19)20)14(8-12)24-3/h4-8,18H,9-10H2,1-3H3. The summed E-state index contributed by atoms with van der Waals surface area (Å²) in [6.07, 6.45) is 0. The van der Waals surface area contributed by atoms with E-state index < -0.39 is 6.61 Å². The van der Waals surface area contributed by atoms with Crippen LogP contribution in [0.4, 0.5) is 8.78 Å². The number of alkyl halides is 2. The Balaban J connectivity index is 1.70. The first-order valence-corrected chi connectivity index (χ1v) is 9.01. The van der Waals surface area contributed by atoms with E-state index in [0.717, 1.165) is 6.54 Å². The molecule has 0 aliphatic carbocycles. The number of hydrogen-bond donors (Lipinski definition) is 0. The summed E-state index contributed by atoms with van der Waals surface area (Å²) >= 11 is 1.71. The molecule has 2 aromatic heterocycles. The highest BCUT2D eigenvalue weighted by molar-refractivity contribution is 7.10. The molecule has 0 saturated carbocycles. The summed E-state index contributed by atoms with van der Waals surface area (Å²) in [7, 11) is 3.35. The van der Waals surface area contributed by atoms with Gasteiger partial charge in [0, 0.05) is 17.0 Å². The average molecular weight is 395 g/mol. The van der Waals surface area contributed by atoms with Gasteiger partial charge in [-0.1, -0.05) is 5.16 Å². The van der Waals surface area contributed by atoms with E-state index in [-0.39, 0.29) is 11.5 Å². The highest BCUT2D eigenvalue weighted by Crippen LogP contribution is 2.32. The lowest BCUT2D eigenvalue weighted by Crippen LogP contribution is -2.17. The van der Waals surface area contributed by atoms with Crippen LogP contribution in [-0.4, -0.2) is 35.8 Å². The molecule has 3 rings (SSSR count). The fourth-order valence-corrected chi connectivity index (χ4v) is 3.52. The van der Waals surface area contributed by atoms with Gasteiger partial charge in [0.25, 0.3) is 0 Å². The molecule has 9 heteroatoms. The molecular weight excluding hydrogens is 376 g/mol. The van der Waals surface area contributed by atoms with Gasteiger partial charge in [0.15, 0.2) is 11.5 Å². The van der Waals surface area contributed by atoms with Crippen molar-refractivity contribution in [3.05, 3.63) is 46.0 Å². The van der Waals surface area contributed by atoms with E-state index in [1.165, 1.54) is 29.7 Å². The Morgan fingerprint density at radius 2 is 2.04 bits per heavy atom. The Hall–Kier alpha value is -2.52. The number of nitrogens with zero attached hydrogens (tertiary/aromatic N) is 3. The molecule has 144 valence electrons. The number of hydrogen-bond acceptors (Lipinski definition) is 7. The van der Waals surface area contributed by atoms with Crippen molar-refractivity contribution < 1.29 is 22.8 Å². The van der Waals surface area contributed by atoms with Crippen LogP contribution in [0.1, 0.15) is 16.3 Å². The largest absolute Gasteiger partial charge is 0.493 e. The first-order chi connectivity index (χ1) is 13.0. The van der Waals surface area contributed by atoms with Crippen LogP contribution in [0.15, 0.2) is 34.2 Å². The van der Waals surface area contributed by atoms with Crippen molar-refractivity contribution in [1.29, 1.82) is 0 Å². The van der Waals surface area contributed by atoms with E-state index in [0.29, 0.717) is 23.8 Å². The smallest absolute Gasteiger partial charge is 0.387 e. The van der Waals surface area contributed by atoms with Gasteiger partial charge >= 0.3 is 6.61 Å². The summed E-state index contributed by atoms with van der Waals surface area (Å²) in [5, 5.41) is 6.03. The molecule has 0 amide bonds. The third-order valence-corrected chi connectivity index (χ3v) is 4.90. The summed E-state index contributed by atoms with van der Waals surface area (Å²) in [6, 6.07) is 6.59. The zero-order chi connectivity index (χ0) is 19.4. The van der Waals surface area contributed by atoms with Crippen molar-refractivity contribution in [2.45, 2.75) is 26.6 Å². The maximum Gasteiger partial charge on any atom is 0.387 e. The second-order valence-electron chi connectivity index (χ2n) is 5.95. The minimum atomic E-state index is -2.93. The fourth-order valence-electron chi connectivity index (χ4n) is 2.53. The molecule has 27 heavy (non-hydrogen) atoms. The van der Waals surface area contributed by atoms with Gasteiger partial charge in [-0.3, -0.25) is 4.90 Å². The molecule has 3 aromatic rings. The number of methoxy groups -OCH3 is 1. The number of benzene rings is 1. The van der Waals surface area contributed by atoms with Crippen molar-refractivity contribution in [3.8, 4) is 22.9 Å². The van der Waals surface area contributed by atoms with Gasteiger partial charge in [-0.05, 0) is 49.2 Å². The number of aryl methyl sites for hydroxylation is 1. The lowest BCUT2D eigenvalue weighted by molar-refractivity contribution is -0.0512. The predicted octanol–water partition coefficient (Wildman–Crippen LogP) is 4.35. The van der Waals surface area contributed by atoms with Crippen LogP contribution in [0.25, 0.3) is 11.4 Å². The summed E-state index contributed by atoms with van der Waals surface area (Å²) in [6.45, 7) is 0.436. The summed E-state index contributed by atoms with van der Waals surface area (Å²) < 4.78 is 39.7. The number of thiophene rings is 1. The molecule has 0 radical (unpaired) electrons. The van der Waals surface area contributed by atoms with Crippen LogP contribution in [0.2, 0.25) is 0 Å². The third kappa shape index (κ3) is 4.81. The van der Waals surface area contributed by atoms with E-state index >= 15 is 0 Å². The van der Waals surface area contributed by atoms with Gasteiger partial charge in [-0.15, -0.1) is 11.3 Å². The summed E-state index contributed by atoms with van der Waals surface area (Å²) in [5.74, 6) is 0.941. The minimum absolute atomic E-state index is 0.0500. The first-order valence-electron chi connectivity index (χ1n) is 8.13. The van der Waals surface area contributed by atoms with E-state index in [4.69, 9.17) is 9.26 Å². The van der Waals surface area contributed by atoms with Crippen molar-refractivity contribution in [3.63, 3.8) is 0 Å². The molecule has 0 spiro atoms. The van der Waals surface area contributed by atoms with Crippen LogP contribution in [0.5, 0.6) is 11.5 Å². The number of halogens is 2. The van der Waals surface area contributed by atoms with Crippen molar-refractivity contribution in [2.75, 3.05) is 14.2 Å². The molecule has 0 saturated heterocycles. The normalized spacial score (nSPS) is 11.4. The Bertz CT molecular complexity index is 898. The molecule has 2 heterocycles. The van der Waals surface area contributed by atoms with Crippen molar-refractivity contribution in [2.24, 2.45) is 0 Å². The molecule has 0 fully saturated rings. The first kappa shape index (κ1) is 19.2. The topological polar surface area (TPSA) is 60.6 Å².